The molecule has 2 heterocycles. The molecule has 0 unspecified atom stereocenters. The first-order valence-corrected chi connectivity index (χ1v) is 12.6. The van der Waals surface area contributed by atoms with Crippen molar-refractivity contribution >= 4 is 34.3 Å². The zero-order valence-corrected chi connectivity index (χ0v) is 21.0. The molecule has 0 saturated carbocycles. The molecule has 1 fully saturated rings. The molecule has 0 radical (unpaired) electrons. The normalized spacial score (nSPS) is 21.1. The molecule has 2 amide bonds. The summed E-state index contributed by atoms with van der Waals surface area (Å²) < 4.78 is 21.0. The van der Waals surface area contributed by atoms with Crippen LogP contribution in [0, 0.1) is 5.92 Å². The van der Waals surface area contributed by atoms with E-state index in [-0.39, 0.29) is 5.91 Å². The van der Waals surface area contributed by atoms with Gasteiger partial charge in [-0.25, -0.2) is 23.6 Å². The van der Waals surface area contributed by atoms with Crippen molar-refractivity contribution in [3.63, 3.8) is 0 Å². The van der Waals surface area contributed by atoms with Crippen molar-refractivity contribution in [1.82, 2.24) is 14.6 Å². The summed E-state index contributed by atoms with van der Waals surface area (Å²) in [6, 6.07) is 8.66. The molecule has 0 spiro atoms. The average molecular weight is 478 g/mol. The number of aromatic nitrogens is 1. The van der Waals surface area contributed by atoms with Crippen molar-refractivity contribution < 1.29 is 18.5 Å². The Morgan fingerprint density at radius 2 is 1.97 bits per heavy atom. The summed E-state index contributed by atoms with van der Waals surface area (Å²) in [7, 11) is -1.43. The van der Waals surface area contributed by atoms with Crippen LogP contribution in [0.15, 0.2) is 41.9 Å². The molecule has 32 heavy (non-hydrogen) atoms. The maximum Gasteiger partial charge on any atom is 0.417 e. The van der Waals surface area contributed by atoms with Gasteiger partial charge in [-0.2, -0.15) is 0 Å². The minimum atomic E-state index is -1.43. The van der Waals surface area contributed by atoms with Crippen molar-refractivity contribution in [2.45, 2.75) is 70.4 Å². The predicted octanol–water partition coefficient (Wildman–Crippen LogP) is 4.24. The fourth-order valence-electron chi connectivity index (χ4n) is 3.61. The van der Waals surface area contributed by atoms with Gasteiger partial charge in [-0.05, 0) is 46.6 Å². The summed E-state index contributed by atoms with van der Waals surface area (Å²) in [6.07, 6.45) is 1.49. The molecule has 174 valence electrons. The van der Waals surface area contributed by atoms with Gasteiger partial charge in [0, 0.05) is 11.6 Å². The molecule has 2 aromatic rings. The van der Waals surface area contributed by atoms with Gasteiger partial charge in [0.05, 0.1) is 33.7 Å². The van der Waals surface area contributed by atoms with Crippen LogP contribution in [-0.4, -0.2) is 42.5 Å². The lowest BCUT2D eigenvalue weighted by atomic mass is 9.91. The van der Waals surface area contributed by atoms with Gasteiger partial charge < -0.3 is 4.74 Å². The Morgan fingerprint density at radius 1 is 1.31 bits per heavy atom. The van der Waals surface area contributed by atoms with Crippen molar-refractivity contribution in [3.8, 4) is 0 Å². The van der Waals surface area contributed by atoms with E-state index in [0.29, 0.717) is 11.4 Å². The number of ether oxygens (including phenoxy) is 1. The number of amides is 2. The number of nitrogens with zero attached hydrogens (tertiary/aromatic N) is 2. The van der Waals surface area contributed by atoms with Crippen molar-refractivity contribution in [3.05, 3.63) is 52.5 Å². The number of carbonyl (C=O) groups excluding carboxylic acids is 2. The van der Waals surface area contributed by atoms with Gasteiger partial charge in [0.15, 0.2) is 0 Å². The number of cyclic esters (lactones) is 1. The van der Waals surface area contributed by atoms with Gasteiger partial charge in [-0.1, -0.05) is 37.3 Å². The zero-order chi connectivity index (χ0) is 23.7. The molecule has 4 atom stereocenters. The Labute approximate surface area is 196 Å². The second-order valence-electron chi connectivity index (χ2n) is 9.52. The van der Waals surface area contributed by atoms with Crippen molar-refractivity contribution in [1.29, 1.82) is 0 Å². The maximum atomic E-state index is 13.7. The molecule has 1 saturated heterocycles. The molecule has 0 bridgehead atoms. The van der Waals surface area contributed by atoms with Crippen molar-refractivity contribution in [2.75, 3.05) is 0 Å². The van der Waals surface area contributed by atoms with Crippen LogP contribution in [0.5, 0.6) is 0 Å². The van der Waals surface area contributed by atoms with Crippen LogP contribution < -0.4 is 4.72 Å². The summed E-state index contributed by atoms with van der Waals surface area (Å²) in [5.74, 6) is -1.06. The highest BCUT2D eigenvalue weighted by molar-refractivity contribution is 7.84. The van der Waals surface area contributed by atoms with E-state index in [4.69, 9.17) is 4.74 Å². The molecule has 1 aliphatic rings. The molecule has 1 aromatic carbocycles. The Morgan fingerprint density at radius 3 is 2.53 bits per heavy atom. The second-order valence-corrected chi connectivity index (χ2v) is 12.4. The van der Waals surface area contributed by atoms with Crippen LogP contribution in [0.3, 0.4) is 0 Å². The third-order valence-corrected chi connectivity index (χ3v) is 8.01. The molecule has 1 N–H and O–H groups in total. The van der Waals surface area contributed by atoms with Crippen LogP contribution in [0.1, 0.15) is 58.2 Å². The van der Waals surface area contributed by atoms with E-state index >= 15 is 0 Å². The first-order valence-electron chi connectivity index (χ1n) is 10.6. The topological polar surface area (TPSA) is 88.6 Å². The Bertz CT molecular complexity index is 971. The van der Waals surface area contributed by atoms with Gasteiger partial charge in [-0.3, -0.25) is 4.79 Å². The molecular weight excluding hydrogens is 446 g/mol. The Hall–Kier alpha value is -2.10. The van der Waals surface area contributed by atoms with E-state index < -0.39 is 45.4 Å². The van der Waals surface area contributed by atoms with E-state index in [1.165, 1.54) is 16.2 Å². The summed E-state index contributed by atoms with van der Waals surface area (Å²) in [5.41, 5.74) is 0.179. The Balaban J connectivity index is 1.90. The highest BCUT2D eigenvalue weighted by Crippen LogP contribution is 2.35. The molecule has 0 aliphatic carbocycles. The van der Waals surface area contributed by atoms with Crippen LogP contribution in [0.25, 0.3) is 0 Å². The Kier molecular flexibility index (Phi) is 7.21. The van der Waals surface area contributed by atoms with Crippen LogP contribution in [0.4, 0.5) is 4.79 Å². The minimum Gasteiger partial charge on any atom is -0.441 e. The van der Waals surface area contributed by atoms with Gasteiger partial charge in [0.1, 0.15) is 10.6 Å². The number of carbonyl (C=O) groups is 2. The quantitative estimate of drug-likeness (QED) is 0.644. The standard InChI is InChI=1S/C23H31N3O4S2/c1-15(18(19-24-12-13-31-19)25-32(29)22(2,3)4)20(27)26-17(23(5,6)30-21(26)28)14-16-10-8-7-9-11-16/h7-13,15,17-18,25H,14H2,1-6H3/t15-,17+,18-,32-/m1/s1. The second kappa shape index (κ2) is 9.41. The first-order chi connectivity index (χ1) is 14.9. The highest BCUT2D eigenvalue weighted by atomic mass is 32.2. The summed E-state index contributed by atoms with van der Waals surface area (Å²) in [5, 5.41) is 2.46. The number of benzene rings is 1. The molecule has 9 heteroatoms. The predicted molar refractivity (Wildman–Crippen MR) is 126 cm³/mol. The van der Waals surface area contributed by atoms with E-state index in [2.05, 4.69) is 9.71 Å². The fraction of sp³-hybridized carbons (Fsp3) is 0.522. The van der Waals surface area contributed by atoms with Gasteiger partial charge >= 0.3 is 6.09 Å². The summed E-state index contributed by atoms with van der Waals surface area (Å²) in [4.78, 5) is 32.1. The fourth-order valence-corrected chi connectivity index (χ4v) is 5.37. The van der Waals surface area contributed by atoms with E-state index in [0.717, 1.165) is 5.56 Å². The van der Waals surface area contributed by atoms with Gasteiger partial charge in [0.2, 0.25) is 5.91 Å². The van der Waals surface area contributed by atoms with Crippen LogP contribution in [0.2, 0.25) is 0 Å². The molecule has 1 aliphatic heterocycles. The highest BCUT2D eigenvalue weighted by Gasteiger charge is 2.52. The monoisotopic (exact) mass is 477 g/mol. The first kappa shape index (κ1) is 24.5. The third kappa shape index (κ3) is 5.27. The molecular formula is C23H31N3O4S2. The lowest BCUT2D eigenvalue weighted by Gasteiger charge is -2.32. The lowest BCUT2D eigenvalue weighted by molar-refractivity contribution is -0.134. The van der Waals surface area contributed by atoms with E-state index in [9.17, 15) is 13.8 Å². The number of imide groups is 1. The zero-order valence-electron chi connectivity index (χ0n) is 19.3. The van der Waals surface area contributed by atoms with E-state index in [1.54, 1.807) is 13.1 Å². The number of nitrogens with one attached hydrogen (secondary N) is 1. The van der Waals surface area contributed by atoms with Crippen LogP contribution >= 0.6 is 11.3 Å². The van der Waals surface area contributed by atoms with Gasteiger partial charge in [0.25, 0.3) is 0 Å². The maximum absolute atomic E-state index is 13.7. The lowest BCUT2D eigenvalue weighted by Crippen LogP contribution is -2.50. The molecule has 7 nitrogen and oxygen atoms in total. The smallest absolute Gasteiger partial charge is 0.417 e. The average Bonchev–Trinajstić information content (AvgIpc) is 3.31. The van der Waals surface area contributed by atoms with Crippen molar-refractivity contribution in [2.24, 2.45) is 5.92 Å². The number of rotatable bonds is 7. The van der Waals surface area contributed by atoms with Crippen LogP contribution in [-0.2, 0) is 26.9 Å². The molecule has 1 aromatic heterocycles. The largest absolute Gasteiger partial charge is 0.441 e. The SMILES string of the molecule is C[C@@H](C(=O)N1C(=O)OC(C)(C)[C@@H]1Cc1ccccc1)[C@@H](N[S@](=O)C(C)(C)C)c1nccs1. The van der Waals surface area contributed by atoms with Gasteiger partial charge in [-0.15, -0.1) is 11.3 Å². The van der Waals surface area contributed by atoms with E-state index in [1.807, 2.05) is 70.3 Å². The minimum absolute atomic E-state index is 0.375. The third-order valence-electron chi connectivity index (χ3n) is 5.57. The summed E-state index contributed by atoms with van der Waals surface area (Å²) >= 11 is 1.38. The number of thiazole rings is 1. The number of hydrogen-bond donors (Lipinski definition) is 1. The summed E-state index contributed by atoms with van der Waals surface area (Å²) in [6.45, 7) is 11.0. The number of hydrogen-bond acceptors (Lipinski definition) is 6. The molecule has 3 rings (SSSR count).